The first-order chi connectivity index (χ1) is 18.1. The predicted octanol–water partition coefficient (Wildman–Crippen LogP) is 6.99. The zero-order valence-electron chi connectivity index (χ0n) is 20.6. The van der Waals surface area contributed by atoms with Crippen LogP contribution < -0.4 is 4.74 Å². The first-order valence-electron chi connectivity index (χ1n) is 12.2. The molecule has 6 nitrogen and oxygen atoms in total. The van der Waals surface area contributed by atoms with Gasteiger partial charge in [-0.05, 0) is 60.6 Å². The molecule has 2 aromatic heterocycles. The zero-order chi connectivity index (χ0) is 25.6. The highest BCUT2D eigenvalue weighted by molar-refractivity contribution is 6.30. The first kappa shape index (κ1) is 24.6. The van der Waals surface area contributed by atoms with Crippen molar-refractivity contribution >= 4 is 22.6 Å². The van der Waals surface area contributed by atoms with Crippen LogP contribution in [0.2, 0.25) is 5.02 Å². The number of aromatic nitrogens is 2. The van der Waals surface area contributed by atoms with E-state index >= 15 is 0 Å². The van der Waals surface area contributed by atoms with E-state index in [1.807, 2.05) is 73.8 Å². The van der Waals surface area contributed by atoms with Crippen LogP contribution in [0.15, 0.2) is 83.3 Å². The molecule has 3 aromatic carbocycles. The fourth-order valence-electron chi connectivity index (χ4n) is 4.25. The van der Waals surface area contributed by atoms with Gasteiger partial charge in [-0.2, -0.15) is 5.26 Å². The van der Waals surface area contributed by atoms with Crippen molar-refractivity contribution in [2.75, 3.05) is 13.6 Å². The van der Waals surface area contributed by atoms with E-state index in [2.05, 4.69) is 28.1 Å². The van der Waals surface area contributed by atoms with Gasteiger partial charge in [-0.15, -0.1) is 0 Å². The van der Waals surface area contributed by atoms with Crippen LogP contribution in [0, 0.1) is 11.3 Å². The van der Waals surface area contributed by atoms with Gasteiger partial charge in [0.05, 0.1) is 17.1 Å². The second kappa shape index (κ2) is 11.3. The number of nitriles is 1. The Morgan fingerprint density at radius 1 is 1.03 bits per heavy atom. The summed E-state index contributed by atoms with van der Waals surface area (Å²) in [7, 11) is 2.02. The molecule has 0 aliphatic heterocycles. The van der Waals surface area contributed by atoms with Crippen LogP contribution in [-0.4, -0.2) is 28.5 Å². The third kappa shape index (κ3) is 6.21. The maximum Gasteiger partial charge on any atom is 0.174 e. The highest BCUT2D eigenvalue weighted by Crippen LogP contribution is 2.29. The van der Waals surface area contributed by atoms with Gasteiger partial charge in [0.25, 0.3) is 0 Å². The van der Waals surface area contributed by atoms with Gasteiger partial charge in [-0.3, -0.25) is 0 Å². The number of hydrogen-bond donors (Lipinski definition) is 1. The highest BCUT2D eigenvalue weighted by atomic mass is 35.5. The number of hydrogen-bond acceptors (Lipinski definition) is 5. The zero-order valence-corrected chi connectivity index (χ0v) is 21.3. The molecule has 0 fully saturated rings. The Hall–Kier alpha value is -4.05. The molecule has 0 bridgehead atoms. The molecule has 0 saturated heterocycles. The minimum Gasteiger partial charge on any atom is -0.489 e. The molecule has 0 amide bonds. The molecule has 0 radical (unpaired) electrons. The molecule has 0 spiro atoms. The fraction of sp³-hybridized carbons (Fsp3) is 0.200. The summed E-state index contributed by atoms with van der Waals surface area (Å²) >= 11 is 6.30. The van der Waals surface area contributed by atoms with Crippen molar-refractivity contribution in [2.24, 2.45) is 0 Å². The normalized spacial score (nSPS) is 11.2. The van der Waals surface area contributed by atoms with Crippen molar-refractivity contribution in [3.63, 3.8) is 0 Å². The second-order valence-corrected chi connectivity index (χ2v) is 9.49. The summed E-state index contributed by atoms with van der Waals surface area (Å²) in [5.74, 6) is 2.93. The van der Waals surface area contributed by atoms with Crippen LogP contribution in [0.3, 0.4) is 0 Å². The maximum atomic E-state index is 8.80. The number of rotatable bonds is 10. The van der Waals surface area contributed by atoms with Crippen molar-refractivity contribution in [3.8, 4) is 23.4 Å². The molecule has 186 valence electrons. The molecule has 5 rings (SSSR count). The van der Waals surface area contributed by atoms with Crippen LogP contribution >= 0.6 is 11.6 Å². The third-order valence-corrected chi connectivity index (χ3v) is 6.36. The monoisotopic (exact) mass is 510 g/mol. The number of aromatic amines is 1. The summed E-state index contributed by atoms with van der Waals surface area (Å²) < 4.78 is 12.3. The average Bonchev–Trinajstić information content (AvgIpc) is 3.54. The Labute approximate surface area is 221 Å². The molecule has 0 atom stereocenters. The summed E-state index contributed by atoms with van der Waals surface area (Å²) in [5, 5.41) is 9.45. The van der Waals surface area contributed by atoms with Crippen LogP contribution in [-0.2, 0) is 19.6 Å². The van der Waals surface area contributed by atoms with Gasteiger partial charge in [-0.25, -0.2) is 4.98 Å². The molecular formula is C30H27ClN4O2. The van der Waals surface area contributed by atoms with Crippen molar-refractivity contribution in [3.05, 3.63) is 106 Å². The van der Waals surface area contributed by atoms with Gasteiger partial charge >= 0.3 is 0 Å². The van der Waals surface area contributed by atoms with Crippen LogP contribution in [0.4, 0.5) is 0 Å². The number of imidazole rings is 1. The molecule has 0 saturated carbocycles. The summed E-state index contributed by atoms with van der Waals surface area (Å²) in [6, 6.07) is 28.0. The van der Waals surface area contributed by atoms with Gasteiger partial charge in [0.15, 0.2) is 11.6 Å². The molecule has 2 heterocycles. The largest absolute Gasteiger partial charge is 0.489 e. The lowest BCUT2D eigenvalue weighted by atomic mass is 10.1. The molecule has 0 unspecified atom stereocenters. The van der Waals surface area contributed by atoms with Crippen molar-refractivity contribution < 1.29 is 9.15 Å². The van der Waals surface area contributed by atoms with Crippen LogP contribution in [0.5, 0.6) is 5.75 Å². The van der Waals surface area contributed by atoms with Gasteiger partial charge in [-0.1, -0.05) is 48.0 Å². The summed E-state index contributed by atoms with van der Waals surface area (Å²) in [5.41, 5.74) is 5.05. The van der Waals surface area contributed by atoms with Gasteiger partial charge in [0, 0.05) is 36.5 Å². The summed E-state index contributed by atoms with van der Waals surface area (Å²) in [6.45, 7) is 1.99. The van der Waals surface area contributed by atoms with Crippen LogP contribution in [0.1, 0.15) is 28.9 Å². The maximum absolute atomic E-state index is 8.80. The van der Waals surface area contributed by atoms with Gasteiger partial charge < -0.3 is 19.0 Å². The number of nitrogens with zero attached hydrogens (tertiary/aromatic N) is 3. The highest BCUT2D eigenvalue weighted by Gasteiger charge is 2.14. The molecule has 5 aromatic rings. The molecule has 0 aliphatic rings. The second-order valence-electron chi connectivity index (χ2n) is 9.05. The van der Waals surface area contributed by atoms with Gasteiger partial charge in [0.1, 0.15) is 18.1 Å². The quantitative estimate of drug-likeness (QED) is 0.219. The van der Waals surface area contributed by atoms with E-state index in [9.17, 15) is 0 Å². The van der Waals surface area contributed by atoms with E-state index in [0.29, 0.717) is 36.1 Å². The Kier molecular flexibility index (Phi) is 7.55. The topological polar surface area (TPSA) is 78.1 Å². The lowest BCUT2D eigenvalue weighted by Crippen LogP contribution is -2.18. The molecule has 7 heteroatoms. The van der Waals surface area contributed by atoms with Crippen molar-refractivity contribution in [2.45, 2.75) is 26.0 Å². The summed E-state index contributed by atoms with van der Waals surface area (Å²) in [4.78, 5) is 10.2. The number of furan rings is 1. The molecule has 1 N–H and O–H groups in total. The fourth-order valence-corrected chi connectivity index (χ4v) is 4.45. The number of nitrogens with one attached hydrogen (secondary N) is 1. The van der Waals surface area contributed by atoms with E-state index in [4.69, 9.17) is 31.0 Å². The number of H-pyrrole nitrogens is 1. The Morgan fingerprint density at radius 2 is 1.89 bits per heavy atom. The number of fused-ring (bicyclic) bond motifs is 1. The standard InChI is InChI=1S/C30H27ClN4O2/c1-35(15-5-14-32)19-22-8-11-26-27(16-22)34-30(33-26)29-13-10-25(37-29)18-23-17-24(31)9-12-28(23)36-20-21-6-3-2-4-7-21/h2-4,6-13,16-17H,5,15,18-20H2,1H3,(H,33,34). The van der Waals surface area contributed by atoms with E-state index in [1.165, 1.54) is 0 Å². The minimum atomic E-state index is 0.480. The molecule has 37 heavy (non-hydrogen) atoms. The number of benzene rings is 3. The third-order valence-electron chi connectivity index (χ3n) is 6.12. The van der Waals surface area contributed by atoms with Crippen molar-refractivity contribution in [1.29, 1.82) is 5.26 Å². The Balaban J connectivity index is 1.31. The average molecular weight is 511 g/mol. The Morgan fingerprint density at radius 3 is 2.73 bits per heavy atom. The molecular weight excluding hydrogens is 484 g/mol. The number of ether oxygens (including phenoxy) is 1. The first-order valence-corrected chi connectivity index (χ1v) is 12.5. The lowest BCUT2D eigenvalue weighted by Gasteiger charge is -2.14. The van der Waals surface area contributed by atoms with E-state index in [-0.39, 0.29) is 0 Å². The lowest BCUT2D eigenvalue weighted by molar-refractivity contribution is 0.303. The minimum absolute atomic E-state index is 0.480. The van der Waals surface area contributed by atoms with E-state index < -0.39 is 0 Å². The van der Waals surface area contributed by atoms with Gasteiger partial charge in [0.2, 0.25) is 0 Å². The SMILES string of the molecule is CN(CCC#N)Cc1ccc2nc(-c3ccc(Cc4cc(Cl)ccc4OCc4ccccc4)o3)[nH]c2c1. The van der Waals surface area contributed by atoms with E-state index in [0.717, 1.165) is 52.3 Å². The Bertz CT molecular complexity index is 1530. The van der Waals surface area contributed by atoms with E-state index in [1.54, 1.807) is 0 Å². The van der Waals surface area contributed by atoms with Crippen LogP contribution in [0.25, 0.3) is 22.6 Å². The smallest absolute Gasteiger partial charge is 0.174 e. The summed E-state index contributed by atoms with van der Waals surface area (Å²) in [6.07, 6.45) is 1.06. The number of halogens is 1. The molecule has 0 aliphatic carbocycles. The predicted molar refractivity (Wildman–Crippen MR) is 145 cm³/mol. The van der Waals surface area contributed by atoms with Crippen molar-refractivity contribution in [1.82, 2.24) is 14.9 Å².